The molecule has 1 fully saturated rings. The van der Waals surface area contributed by atoms with Gasteiger partial charge in [0, 0.05) is 35.2 Å². The highest BCUT2D eigenvalue weighted by Gasteiger charge is 2.20. The SMILES string of the molecule is CCc1nc(CC)n(Cc2ccc(CNC3CC3)s2)n1. The van der Waals surface area contributed by atoms with E-state index in [0.717, 1.165) is 43.6 Å². The van der Waals surface area contributed by atoms with Crippen LogP contribution in [0.4, 0.5) is 0 Å². The van der Waals surface area contributed by atoms with Crippen LogP contribution in [-0.2, 0) is 25.9 Å². The van der Waals surface area contributed by atoms with Crippen molar-refractivity contribution in [2.24, 2.45) is 0 Å². The maximum atomic E-state index is 4.58. The molecule has 0 unspecified atom stereocenters. The number of rotatable bonds is 7. The molecule has 0 aliphatic heterocycles. The molecule has 0 aromatic carbocycles. The molecule has 0 radical (unpaired) electrons. The van der Waals surface area contributed by atoms with Crippen LogP contribution >= 0.6 is 11.3 Å². The van der Waals surface area contributed by atoms with Crippen LogP contribution in [0.3, 0.4) is 0 Å². The van der Waals surface area contributed by atoms with Gasteiger partial charge in [-0.25, -0.2) is 9.67 Å². The van der Waals surface area contributed by atoms with E-state index in [2.05, 4.69) is 46.1 Å². The van der Waals surface area contributed by atoms with E-state index in [1.54, 1.807) is 0 Å². The van der Waals surface area contributed by atoms with Crippen LogP contribution in [0, 0.1) is 0 Å². The quantitative estimate of drug-likeness (QED) is 0.852. The maximum Gasteiger partial charge on any atom is 0.150 e. The maximum absolute atomic E-state index is 4.58. The summed E-state index contributed by atoms with van der Waals surface area (Å²) in [5.41, 5.74) is 0. The van der Waals surface area contributed by atoms with E-state index in [4.69, 9.17) is 0 Å². The lowest BCUT2D eigenvalue weighted by molar-refractivity contribution is 0.643. The summed E-state index contributed by atoms with van der Waals surface area (Å²) < 4.78 is 2.06. The smallest absolute Gasteiger partial charge is 0.150 e. The van der Waals surface area contributed by atoms with Gasteiger partial charge >= 0.3 is 0 Å². The van der Waals surface area contributed by atoms with E-state index in [0.29, 0.717) is 0 Å². The molecule has 0 atom stereocenters. The minimum Gasteiger partial charge on any atom is -0.309 e. The summed E-state index contributed by atoms with van der Waals surface area (Å²) in [6.45, 7) is 6.10. The second-order valence-electron chi connectivity index (χ2n) is 5.33. The molecule has 2 aromatic rings. The van der Waals surface area contributed by atoms with Gasteiger partial charge in [-0.3, -0.25) is 0 Å². The summed E-state index contributed by atoms with van der Waals surface area (Å²) in [5, 5.41) is 8.15. The monoisotopic (exact) mass is 290 g/mol. The number of nitrogens with zero attached hydrogens (tertiary/aromatic N) is 3. The third-order valence-electron chi connectivity index (χ3n) is 3.59. The lowest BCUT2D eigenvalue weighted by atomic mass is 10.4. The highest BCUT2D eigenvalue weighted by Crippen LogP contribution is 2.22. The molecule has 2 heterocycles. The topological polar surface area (TPSA) is 42.7 Å². The van der Waals surface area contributed by atoms with Crippen LogP contribution in [0.15, 0.2) is 12.1 Å². The standard InChI is InChI=1S/C15H22N4S/c1-3-14-17-15(4-2)19(18-14)10-13-8-7-12(20-13)9-16-11-5-6-11/h7-8,11,16H,3-6,9-10H2,1-2H3. The molecule has 20 heavy (non-hydrogen) atoms. The van der Waals surface area contributed by atoms with E-state index in [1.165, 1.54) is 22.6 Å². The first-order valence-corrected chi connectivity index (χ1v) is 8.33. The van der Waals surface area contributed by atoms with Gasteiger partial charge < -0.3 is 5.32 Å². The Labute approximate surface area is 124 Å². The molecule has 0 amide bonds. The third-order valence-corrected chi connectivity index (χ3v) is 4.66. The molecule has 2 aromatic heterocycles. The van der Waals surface area contributed by atoms with Crippen molar-refractivity contribution in [3.63, 3.8) is 0 Å². The van der Waals surface area contributed by atoms with Gasteiger partial charge in [-0.1, -0.05) is 13.8 Å². The lowest BCUT2D eigenvalue weighted by Crippen LogP contribution is -2.14. The number of thiophene rings is 1. The first-order valence-electron chi connectivity index (χ1n) is 7.52. The zero-order chi connectivity index (χ0) is 13.9. The van der Waals surface area contributed by atoms with E-state index >= 15 is 0 Å². The predicted octanol–water partition coefficient (Wildman–Crippen LogP) is 2.76. The Morgan fingerprint density at radius 3 is 2.75 bits per heavy atom. The van der Waals surface area contributed by atoms with Crippen molar-refractivity contribution >= 4 is 11.3 Å². The summed E-state index contributed by atoms with van der Waals surface area (Å²) in [7, 11) is 0. The van der Waals surface area contributed by atoms with E-state index < -0.39 is 0 Å². The van der Waals surface area contributed by atoms with Crippen LogP contribution in [0.1, 0.15) is 48.1 Å². The summed E-state index contributed by atoms with van der Waals surface area (Å²) in [6.07, 6.45) is 4.53. The summed E-state index contributed by atoms with van der Waals surface area (Å²) in [6, 6.07) is 5.23. The Morgan fingerprint density at radius 1 is 1.25 bits per heavy atom. The van der Waals surface area contributed by atoms with Crippen molar-refractivity contribution in [2.45, 2.75) is 58.7 Å². The Morgan fingerprint density at radius 2 is 2.05 bits per heavy atom. The van der Waals surface area contributed by atoms with E-state index in [1.807, 2.05) is 11.3 Å². The van der Waals surface area contributed by atoms with Gasteiger partial charge in [0.05, 0.1) is 6.54 Å². The van der Waals surface area contributed by atoms with Gasteiger partial charge in [0.2, 0.25) is 0 Å². The average molecular weight is 290 g/mol. The molecular formula is C15H22N4S. The Kier molecular flexibility index (Phi) is 4.17. The van der Waals surface area contributed by atoms with Crippen molar-refractivity contribution in [3.8, 4) is 0 Å². The van der Waals surface area contributed by atoms with Crippen LogP contribution in [-0.4, -0.2) is 20.8 Å². The van der Waals surface area contributed by atoms with Crippen molar-refractivity contribution in [2.75, 3.05) is 0 Å². The molecule has 0 spiro atoms. The van der Waals surface area contributed by atoms with Gasteiger partial charge in [-0.2, -0.15) is 5.10 Å². The molecule has 1 saturated carbocycles. The first-order chi connectivity index (χ1) is 9.78. The molecule has 1 aliphatic carbocycles. The van der Waals surface area contributed by atoms with Gasteiger partial charge in [0.1, 0.15) is 5.82 Å². The molecule has 1 N–H and O–H groups in total. The Balaban J connectivity index is 1.65. The number of nitrogens with one attached hydrogen (secondary N) is 1. The molecule has 108 valence electrons. The fraction of sp³-hybridized carbons (Fsp3) is 0.600. The lowest BCUT2D eigenvalue weighted by Gasteiger charge is -2.02. The van der Waals surface area contributed by atoms with Crippen LogP contribution in [0.25, 0.3) is 0 Å². The normalized spacial score (nSPS) is 14.9. The van der Waals surface area contributed by atoms with Gasteiger partial charge in [0.15, 0.2) is 5.82 Å². The van der Waals surface area contributed by atoms with Crippen molar-refractivity contribution in [3.05, 3.63) is 33.5 Å². The van der Waals surface area contributed by atoms with Crippen LogP contribution in [0.2, 0.25) is 0 Å². The second kappa shape index (κ2) is 6.06. The van der Waals surface area contributed by atoms with Crippen LogP contribution in [0.5, 0.6) is 0 Å². The largest absolute Gasteiger partial charge is 0.309 e. The van der Waals surface area contributed by atoms with Gasteiger partial charge in [-0.05, 0) is 25.0 Å². The third kappa shape index (κ3) is 3.27. The molecule has 0 saturated heterocycles. The molecule has 0 bridgehead atoms. The minimum absolute atomic E-state index is 0.773. The molecular weight excluding hydrogens is 268 g/mol. The van der Waals surface area contributed by atoms with Crippen molar-refractivity contribution < 1.29 is 0 Å². The molecule has 1 aliphatic rings. The number of hydrogen-bond donors (Lipinski definition) is 1. The highest BCUT2D eigenvalue weighted by atomic mass is 32.1. The fourth-order valence-corrected chi connectivity index (χ4v) is 3.20. The second-order valence-corrected chi connectivity index (χ2v) is 6.59. The first kappa shape index (κ1) is 13.8. The van der Waals surface area contributed by atoms with E-state index in [9.17, 15) is 0 Å². The molecule has 3 rings (SSSR count). The van der Waals surface area contributed by atoms with Crippen molar-refractivity contribution in [1.82, 2.24) is 20.1 Å². The molecule has 5 heteroatoms. The molecule has 4 nitrogen and oxygen atoms in total. The predicted molar refractivity (Wildman–Crippen MR) is 82.1 cm³/mol. The number of hydrogen-bond acceptors (Lipinski definition) is 4. The zero-order valence-corrected chi connectivity index (χ0v) is 13.0. The summed E-state index contributed by atoms with van der Waals surface area (Å²) in [5.74, 6) is 2.04. The summed E-state index contributed by atoms with van der Waals surface area (Å²) >= 11 is 1.88. The number of aryl methyl sites for hydroxylation is 2. The minimum atomic E-state index is 0.773. The zero-order valence-electron chi connectivity index (χ0n) is 12.2. The average Bonchev–Trinajstić information content (AvgIpc) is 3.05. The van der Waals surface area contributed by atoms with Crippen LogP contribution < -0.4 is 5.32 Å². The number of aromatic nitrogens is 3. The van der Waals surface area contributed by atoms with Crippen molar-refractivity contribution in [1.29, 1.82) is 0 Å². The van der Waals surface area contributed by atoms with Gasteiger partial charge in [0.25, 0.3) is 0 Å². The summed E-state index contributed by atoms with van der Waals surface area (Å²) in [4.78, 5) is 7.34. The highest BCUT2D eigenvalue weighted by molar-refractivity contribution is 7.11. The Hall–Kier alpha value is -1.20. The fourth-order valence-electron chi connectivity index (χ4n) is 2.25. The van der Waals surface area contributed by atoms with Gasteiger partial charge in [-0.15, -0.1) is 11.3 Å². The van der Waals surface area contributed by atoms with E-state index in [-0.39, 0.29) is 0 Å². The Bertz CT molecular complexity index is 568.